The Bertz CT molecular complexity index is 522. The Kier molecular flexibility index (Phi) is 2.40. The van der Waals surface area contributed by atoms with Gasteiger partial charge in [0, 0.05) is 17.8 Å². The lowest BCUT2D eigenvalue weighted by molar-refractivity contribution is 0.584. The van der Waals surface area contributed by atoms with Gasteiger partial charge >= 0.3 is 0 Å². The molecule has 16 heavy (non-hydrogen) atoms. The number of hydrogen-bond acceptors (Lipinski definition) is 4. The number of anilines is 2. The van der Waals surface area contributed by atoms with Crippen LogP contribution in [0.15, 0.2) is 24.4 Å². The molecular weight excluding hydrogens is 214 g/mol. The summed E-state index contributed by atoms with van der Waals surface area (Å²) in [6.07, 6.45) is 1.33. The number of nitrogen functional groups attached to an aromatic ring is 2. The van der Waals surface area contributed by atoms with E-state index in [0.29, 0.717) is 5.56 Å². The van der Waals surface area contributed by atoms with Crippen molar-refractivity contribution in [3.63, 3.8) is 0 Å². The second-order valence-electron chi connectivity index (χ2n) is 3.19. The number of nitrogens with two attached hydrogens (primary N) is 2. The molecule has 2 rings (SSSR count). The molecule has 0 aliphatic heterocycles. The summed E-state index contributed by atoms with van der Waals surface area (Å²) >= 11 is 0. The van der Waals surface area contributed by atoms with E-state index >= 15 is 0 Å². The van der Waals surface area contributed by atoms with Gasteiger partial charge in [-0.2, -0.15) is 4.98 Å². The van der Waals surface area contributed by atoms with Crippen molar-refractivity contribution in [2.24, 2.45) is 0 Å². The lowest BCUT2D eigenvalue weighted by Gasteiger charge is -2.05. The molecule has 6 heteroatoms. The van der Waals surface area contributed by atoms with Crippen molar-refractivity contribution in [1.29, 1.82) is 0 Å². The molecule has 0 spiro atoms. The zero-order valence-corrected chi connectivity index (χ0v) is 8.11. The monoisotopic (exact) mass is 222 g/mol. The van der Waals surface area contributed by atoms with Crippen LogP contribution in [0.3, 0.4) is 0 Å². The first kappa shape index (κ1) is 10.3. The van der Waals surface area contributed by atoms with Crippen molar-refractivity contribution >= 4 is 11.8 Å². The number of halogens is 2. The van der Waals surface area contributed by atoms with Crippen LogP contribution in [0.2, 0.25) is 0 Å². The van der Waals surface area contributed by atoms with Crippen molar-refractivity contribution in [3.8, 4) is 11.1 Å². The fourth-order valence-electron chi connectivity index (χ4n) is 1.34. The van der Waals surface area contributed by atoms with Crippen LogP contribution >= 0.6 is 0 Å². The van der Waals surface area contributed by atoms with E-state index in [2.05, 4.69) is 9.97 Å². The molecule has 82 valence electrons. The van der Waals surface area contributed by atoms with E-state index in [-0.39, 0.29) is 17.3 Å². The van der Waals surface area contributed by atoms with Crippen LogP contribution in [0.4, 0.5) is 20.5 Å². The zero-order chi connectivity index (χ0) is 11.7. The average Bonchev–Trinajstić information content (AvgIpc) is 2.15. The normalized spacial score (nSPS) is 10.4. The fraction of sp³-hybridized carbons (Fsp3) is 0. The summed E-state index contributed by atoms with van der Waals surface area (Å²) in [6, 6.07) is 3.07. The van der Waals surface area contributed by atoms with Gasteiger partial charge in [0.05, 0.1) is 0 Å². The van der Waals surface area contributed by atoms with Gasteiger partial charge in [-0.15, -0.1) is 0 Å². The van der Waals surface area contributed by atoms with Crippen LogP contribution in [0.25, 0.3) is 11.1 Å². The Balaban J connectivity index is 2.58. The molecule has 0 aliphatic carbocycles. The van der Waals surface area contributed by atoms with Gasteiger partial charge in [0.1, 0.15) is 17.5 Å². The number of hydrogen-bond donors (Lipinski definition) is 2. The molecule has 1 heterocycles. The molecule has 2 aromatic rings. The van der Waals surface area contributed by atoms with Crippen molar-refractivity contribution in [2.45, 2.75) is 0 Å². The van der Waals surface area contributed by atoms with E-state index in [0.717, 1.165) is 18.2 Å². The zero-order valence-electron chi connectivity index (χ0n) is 8.11. The quantitative estimate of drug-likeness (QED) is 0.767. The highest BCUT2D eigenvalue weighted by Crippen LogP contribution is 2.25. The lowest BCUT2D eigenvalue weighted by atomic mass is 10.1. The Morgan fingerprint density at radius 1 is 1.00 bits per heavy atom. The highest BCUT2D eigenvalue weighted by atomic mass is 19.1. The Morgan fingerprint density at radius 2 is 1.62 bits per heavy atom. The smallest absolute Gasteiger partial charge is 0.221 e. The number of rotatable bonds is 1. The van der Waals surface area contributed by atoms with Gasteiger partial charge in [0.2, 0.25) is 5.95 Å². The van der Waals surface area contributed by atoms with Gasteiger partial charge < -0.3 is 11.5 Å². The number of benzene rings is 1. The van der Waals surface area contributed by atoms with E-state index < -0.39 is 11.6 Å². The molecule has 0 bridgehead atoms. The van der Waals surface area contributed by atoms with E-state index in [1.165, 1.54) is 6.20 Å². The molecule has 0 unspecified atom stereocenters. The van der Waals surface area contributed by atoms with E-state index in [9.17, 15) is 8.78 Å². The van der Waals surface area contributed by atoms with Crippen LogP contribution in [0, 0.1) is 11.6 Å². The van der Waals surface area contributed by atoms with Crippen LogP contribution in [0.1, 0.15) is 0 Å². The number of aromatic nitrogens is 2. The van der Waals surface area contributed by atoms with Crippen LogP contribution in [0.5, 0.6) is 0 Å². The molecule has 4 N–H and O–H groups in total. The van der Waals surface area contributed by atoms with Gasteiger partial charge in [-0.1, -0.05) is 0 Å². The third kappa shape index (κ3) is 1.90. The van der Waals surface area contributed by atoms with E-state index in [1.54, 1.807) is 0 Å². The van der Waals surface area contributed by atoms with Gasteiger partial charge in [0.15, 0.2) is 0 Å². The molecule has 0 saturated heterocycles. The maximum atomic E-state index is 13.0. The molecule has 1 aromatic heterocycles. The summed E-state index contributed by atoms with van der Waals surface area (Å²) in [5.74, 6) is -1.28. The minimum absolute atomic E-state index is 0.0122. The third-order valence-electron chi connectivity index (χ3n) is 2.01. The molecule has 0 aliphatic rings. The van der Waals surface area contributed by atoms with Gasteiger partial charge in [-0.3, -0.25) is 0 Å². The second kappa shape index (κ2) is 3.73. The van der Waals surface area contributed by atoms with Crippen molar-refractivity contribution in [1.82, 2.24) is 9.97 Å². The summed E-state index contributed by atoms with van der Waals surface area (Å²) in [6.45, 7) is 0. The molecule has 0 amide bonds. The van der Waals surface area contributed by atoms with Crippen LogP contribution < -0.4 is 11.5 Å². The van der Waals surface area contributed by atoms with E-state index in [1.807, 2.05) is 0 Å². The van der Waals surface area contributed by atoms with Gasteiger partial charge in [0.25, 0.3) is 0 Å². The summed E-state index contributed by atoms with van der Waals surface area (Å²) in [7, 11) is 0. The minimum atomic E-state index is -0.689. The van der Waals surface area contributed by atoms with E-state index in [4.69, 9.17) is 11.5 Å². The SMILES string of the molecule is Nc1ncc(-c2cc(F)cc(F)c2)c(N)n1. The topological polar surface area (TPSA) is 77.8 Å². The summed E-state index contributed by atoms with van der Waals surface area (Å²) < 4.78 is 26.0. The fourth-order valence-corrected chi connectivity index (χ4v) is 1.34. The Morgan fingerprint density at radius 3 is 2.19 bits per heavy atom. The van der Waals surface area contributed by atoms with Crippen molar-refractivity contribution in [3.05, 3.63) is 36.0 Å². The molecule has 0 radical (unpaired) electrons. The molecule has 4 nitrogen and oxygen atoms in total. The highest BCUT2D eigenvalue weighted by molar-refractivity contribution is 5.73. The first-order valence-electron chi connectivity index (χ1n) is 4.41. The molecule has 1 aromatic carbocycles. The predicted molar refractivity (Wildman–Crippen MR) is 56.2 cm³/mol. The Hall–Kier alpha value is -2.24. The highest BCUT2D eigenvalue weighted by Gasteiger charge is 2.08. The maximum absolute atomic E-state index is 13.0. The Labute approximate surface area is 89.9 Å². The predicted octanol–water partition coefficient (Wildman–Crippen LogP) is 1.59. The molecule has 0 atom stereocenters. The summed E-state index contributed by atoms with van der Waals surface area (Å²) in [5, 5.41) is 0. The molecular formula is C10H8F2N4. The largest absolute Gasteiger partial charge is 0.383 e. The molecule has 0 fully saturated rings. The van der Waals surface area contributed by atoms with Gasteiger partial charge in [-0.05, 0) is 17.7 Å². The average molecular weight is 222 g/mol. The first-order valence-corrected chi connectivity index (χ1v) is 4.41. The maximum Gasteiger partial charge on any atom is 0.221 e. The van der Waals surface area contributed by atoms with Crippen LogP contribution in [-0.2, 0) is 0 Å². The minimum Gasteiger partial charge on any atom is -0.383 e. The number of nitrogens with zero attached hydrogens (tertiary/aromatic N) is 2. The van der Waals surface area contributed by atoms with Crippen molar-refractivity contribution < 1.29 is 8.78 Å². The standard InChI is InChI=1S/C10H8F2N4/c11-6-1-5(2-7(12)3-6)8-4-15-10(14)16-9(8)13/h1-4H,(H4,13,14,15,16). The van der Waals surface area contributed by atoms with Gasteiger partial charge in [-0.25, -0.2) is 13.8 Å². The third-order valence-corrected chi connectivity index (χ3v) is 2.01. The lowest BCUT2D eigenvalue weighted by Crippen LogP contribution is -2.01. The van der Waals surface area contributed by atoms with Crippen LogP contribution in [-0.4, -0.2) is 9.97 Å². The second-order valence-corrected chi connectivity index (χ2v) is 3.19. The first-order chi connectivity index (χ1) is 7.56. The summed E-state index contributed by atoms with van der Waals surface area (Å²) in [4.78, 5) is 7.43. The summed E-state index contributed by atoms with van der Waals surface area (Å²) in [5.41, 5.74) is 11.5. The molecule has 0 saturated carbocycles. The van der Waals surface area contributed by atoms with Crippen molar-refractivity contribution in [2.75, 3.05) is 11.5 Å².